The van der Waals surface area contributed by atoms with E-state index >= 15 is 0 Å². The number of hydrogen-bond acceptors (Lipinski definition) is 5. The molecule has 1 aromatic carbocycles. The van der Waals surface area contributed by atoms with Gasteiger partial charge in [-0.25, -0.2) is 9.97 Å². The van der Waals surface area contributed by atoms with E-state index < -0.39 is 0 Å². The largest absolute Gasteiger partial charge is 0.354 e. The summed E-state index contributed by atoms with van der Waals surface area (Å²) in [5.41, 5.74) is 2.02. The number of para-hydroxylation sites is 2. The molecule has 0 amide bonds. The number of anilines is 2. The first-order chi connectivity index (χ1) is 12.2. The Morgan fingerprint density at radius 3 is 2.28 bits per heavy atom. The first-order valence-corrected chi connectivity index (χ1v) is 9.70. The zero-order valence-corrected chi connectivity index (χ0v) is 15.5. The summed E-state index contributed by atoms with van der Waals surface area (Å²) < 4.78 is 0. The van der Waals surface area contributed by atoms with Crippen LogP contribution in [0.15, 0.2) is 24.3 Å². The minimum absolute atomic E-state index is 0.727. The summed E-state index contributed by atoms with van der Waals surface area (Å²) in [7, 11) is 2.22. The van der Waals surface area contributed by atoms with Crippen LogP contribution in [0.1, 0.15) is 26.2 Å². The molecule has 0 spiro atoms. The first kappa shape index (κ1) is 16.6. The van der Waals surface area contributed by atoms with Gasteiger partial charge in [0.1, 0.15) is 0 Å². The van der Waals surface area contributed by atoms with Crippen LogP contribution in [0.25, 0.3) is 11.0 Å². The number of benzene rings is 1. The summed E-state index contributed by atoms with van der Waals surface area (Å²) in [6, 6.07) is 8.27. The van der Waals surface area contributed by atoms with E-state index in [1.807, 2.05) is 0 Å². The molecule has 0 N–H and O–H groups in total. The van der Waals surface area contributed by atoms with Gasteiger partial charge >= 0.3 is 0 Å². The Hall–Kier alpha value is -1.88. The van der Waals surface area contributed by atoms with E-state index in [1.54, 1.807) is 0 Å². The lowest BCUT2D eigenvalue weighted by atomic mass is 10.1. The molecule has 2 saturated heterocycles. The predicted octanol–water partition coefficient (Wildman–Crippen LogP) is 3.01. The Bertz CT molecular complexity index is 725. The zero-order chi connectivity index (χ0) is 17.2. The van der Waals surface area contributed by atoms with Gasteiger partial charge in [-0.2, -0.15) is 0 Å². The SMILES string of the molecule is CCN(C)CC1CCN(c2nc3ccccc3nc2N2CCCC2)C1. The maximum atomic E-state index is 5.04. The predicted molar refractivity (Wildman–Crippen MR) is 104 cm³/mol. The molecule has 0 bridgehead atoms. The van der Waals surface area contributed by atoms with E-state index in [-0.39, 0.29) is 0 Å². The molecule has 2 fully saturated rings. The van der Waals surface area contributed by atoms with Crippen molar-refractivity contribution in [2.75, 3.05) is 56.1 Å². The molecule has 0 radical (unpaired) electrons. The van der Waals surface area contributed by atoms with Crippen LogP contribution in [-0.4, -0.2) is 61.2 Å². The molecule has 2 aromatic rings. The monoisotopic (exact) mass is 339 g/mol. The van der Waals surface area contributed by atoms with Gasteiger partial charge in [-0.15, -0.1) is 0 Å². The lowest BCUT2D eigenvalue weighted by Crippen LogP contribution is -2.30. The van der Waals surface area contributed by atoms with Gasteiger partial charge in [0.15, 0.2) is 11.6 Å². The number of fused-ring (bicyclic) bond motifs is 1. The van der Waals surface area contributed by atoms with Crippen LogP contribution in [0.4, 0.5) is 11.6 Å². The summed E-state index contributed by atoms with van der Waals surface area (Å²) in [4.78, 5) is 17.4. The quantitative estimate of drug-likeness (QED) is 0.837. The molecule has 1 atom stereocenters. The molecule has 0 saturated carbocycles. The minimum atomic E-state index is 0.727. The molecule has 5 heteroatoms. The van der Waals surface area contributed by atoms with Crippen LogP contribution in [0.3, 0.4) is 0 Å². The lowest BCUT2D eigenvalue weighted by Gasteiger charge is -2.26. The maximum Gasteiger partial charge on any atom is 0.172 e. The van der Waals surface area contributed by atoms with Crippen molar-refractivity contribution in [1.82, 2.24) is 14.9 Å². The number of aromatic nitrogens is 2. The lowest BCUT2D eigenvalue weighted by molar-refractivity contribution is 0.300. The average molecular weight is 339 g/mol. The smallest absolute Gasteiger partial charge is 0.172 e. The van der Waals surface area contributed by atoms with Crippen molar-refractivity contribution in [2.45, 2.75) is 26.2 Å². The molecule has 2 aliphatic rings. The van der Waals surface area contributed by atoms with Gasteiger partial charge in [0.2, 0.25) is 0 Å². The molecule has 5 nitrogen and oxygen atoms in total. The molecule has 3 heterocycles. The molecule has 134 valence electrons. The minimum Gasteiger partial charge on any atom is -0.354 e. The second kappa shape index (κ2) is 7.16. The van der Waals surface area contributed by atoms with Crippen molar-refractivity contribution in [2.24, 2.45) is 5.92 Å². The topological polar surface area (TPSA) is 35.5 Å². The number of hydrogen-bond donors (Lipinski definition) is 0. The van der Waals surface area contributed by atoms with Gasteiger partial charge in [-0.3, -0.25) is 0 Å². The fourth-order valence-corrected chi connectivity index (χ4v) is 4.08. The molecule has 2 aliphatic heterocycles. The van der Waals surface area contributed by atoms with Crippen LogP contribution in [0.5, 0.6) is 0 Å². The molecule has 1 unspecified atom stereocenters. The van der Waals surface area contributed by atoms with E-state index in [0.29, 0.717) is 0 Å². The average Bonchev–Trinajstić information content (AvgIpc) is 3.32. The van der Waals surface area contributed by atoms with Gasteiger partial charge in [-0.05, 0) is 50.9 Å². The third-order valence-corrected chi connectivity index (χ3v) is 5.64. The van der Waals surface area contributed by atoms with Gasteiger partial charge in [0, 0.05) is 32.7 Å². The third kappa shape index (κ3) is 3.43. The highest BCUT2D eigenvalue weighted by atomic mass is 15.3. The molecule has 25 heavy (non-hydrogen) atoms. The molecular formula is C20H29N5. The highest BCUT2D eigenvalue weighted by Gasteiger charge is 2.29. The highest BCUT2D eigenvalue weighted by Crippen LogP contribution is 2.33. The maximum absolute atomic E-state index is 5.04. The van der Waals surface area contributed by atoms with Gasteiger partial charge in [0.05, 0.1) is 11.0 Å². The van der Waals surface area contributed by atoms with Crippen LogP contribution >= 0.6 is 0 Å². The van der Waals surface area contributed by atoms with E-state index in [2.05, 4.69) is 52.9 Å². The van der Waals surface area contributed by atoms with Crippen molar-refractivity contribution >= 4 is 22.7 Å². The summed E-state index contributed by atoms with van der Waals surface area (Å²) in [6.07, 6.45) is 3.77. The Morgan fingerprint density at radius 2 is 1.64 bits per heavy atom. The Labute approximate surface area is 150 Å². The zero-order valence-electron chi connectivity index (χ0n) is 15.5. The van der Waals surface area contributed by atoms with Crippen molar-refractivity contribution < 1.29 is 0 Å². The summed E-state index contributed by atoms with van der Waals surface area (Å²) >= 11 is 0. The van der Waals surface area contributed by atoms with Crippen molar-refractivity contribution in [3.63, 3.8) is 0 Å². The Morgan fingerprint density at radius 1 is 1.00 bits per heavy atom. The van der Waals surface area contributed by atoms with Gasteiger partial charge in [0.25, 0.3) is 0 Å². The fraction of sp³-hybridized carbons (Fsp3) is 0.600. The second-order valence-corrected chi connectivity index (χ2v) is 7.51. The number of rotatable bonds is 5. The van der Waals surface area contributed by atoms with Crippen LogP contribution in [-0.2, 0) is 0 Å². The molecular weight excluding hydrogens is 310 g/mol. The van der Waals surface area contributed by atoms with E-state index in [9.17, 15) is 0 Å². The van der Waals surface area contributed by atoms with Crippen molar-refractivity contribution in [3.05, 3.63) is 24.3 Å². The van der Waals surface area contributed by atoms with Gasteiger partial charge < -0.3 is 14.7 Å². The molecule has 0 aliphatic carbocycles. The number of nitrogens with zero attached hydrogens (tertiary/aromatic N) is 5. The molecule has 4 rings (SSSR count). The summed E-state index contributed by atoms with van der Waals surface area (Å²) in [5, 5.41) is 0. The van der Waals surface area contributed by atoms with Crippen LogP contribution < -0.4 is 9.80 Å². The molecule has 1 aromatic heterocycles. The van der Waals surface area contributed by atoms with E-state index in [1.165, 1.54) is 25.8 Å². The third-order valence-electron chi connectivity index (χ3n) is 5.64. The highest BCUT2D eigenvalue weighted by molar-refractivity contribution is 5.81. The normalized spacial score (nSPS) is 21.0. The van der Waals surface area contributed by atoms with Crippen molar-refractivity contribution in [1.29, 1.82) is 0 Å². The van der Waals surface area contributed by atoms with Crippen LogP contribution in [0, 0.1) is 5.92 Å². The standard InChI is InChI=1S/C20H29N5/c1-3-23(2)14-16-10-13-25(15-16)20-19(24-11-6-7-12-24)21-17-8-4-5-9-18(17)22-20/h4-5,8-9,16H,3,6-7,10-15H2,1-2H3. The summed E-state index contributed by atoms with van der Waals surface area (Å²) in [6.45, 7) is 8.92. The van der Waals surface area contributed by atoms with E-state index in [4.69, 9.17) is 9.97 Å². The Balaban J connectivity index is 1.64. The van der Waals surface area contributed by atoms with Crippen molar-refractivity contribution in [3.8, 4) is 0 Å². The van der Waals surface area contributed by atoms with Crippen LogP contribution in [0.2, 0.25) is 0 Å². The first-order valence-electron chi connectivity index (χ1n) is 9.70. The van der Waals surface area contributed by atoms with Gasteiger partial charge in [-0.1, -0.05) is 19.1 Å². The second-order valence-electron chi connectivity index (χ2n) is 7.51. The van der Waals surface area contributed by atoms with E-state index in [0.717, 1.165) is 61.3 Å². The summed E-state index contributed by atoms with van der Waals surface area (Å²) in [5.74, 6) is 2.92. The fourth-order valence-electron chi connectivity index (χ4n) is 4.08. The Kier molecular flexibility index (Phi) is 4.75.